The van der Waals surface area contributed by atoms with Crippen LogP contribution in [0.5, 0.6) is 5.75 Å². The topological polar surface area (TPSA) is 59.0 Å². The molecule has 6 heteroatoms. The normalized spacial score (nSPS) is 22.9. The van der Waals surface area contributed by atoms with Crippen molar-refractivity contribution in [2.45, 2.75) is 18.4 Å². The summed E-state index contributed by atoms with van der Waals surface area (Å²) in [6, 6.07) is 31.9. The highest BCUT2D eigenvalue weighted by Gasteiger charge is 2.61. The fourth-order valence-corrected chi connectivity index (χ4v) is 6.56. The fraction of sp³-hybridized carbons (Fsp3) is 0.156. The summed E-state index contributed by atoms with van der Waals surface area (Å²) >= 11 is 3.44. The van der Waals surface area contributed by atoms with Crippen molar-refractivity contribution in [2.75, 3.05) is 0 Å². The number of carbonyl (C=O) groups is 2. The molecule has 8 rings (SSSR count). The molecule has 4 aromatic rings. The van der Waals surface area contributed by atoms with E-state index in [0.717, 1.165) is 48.6 Å². The predicted molar refractivity (Wildman–Crippen MR) is 148 cm³/mol. The molecule has 1 heterocycles. The number of hydrogen-bond donors (Lipinski definition) is 0. The van der Waals surface area contributed by atoms with Crippen molar-refractivity contribution in [1.29, 1.82) is 0 Å². The number of halogens is 1. The average Bonchev–Trinajstić information content (AvgIpc) is 3.21. The molecule has 0 radical (unpaired) electrons. The van der Waals surface area contributed by atoms with Gasteiger partial charge in [0.25, 0.3) is 11.8 Å². The summed E-state index contributed by atoms with van der Waals surface area (Å²) in [6.07, 6.45) is 1.58. The van der Waals surface area contributed by atoms with Crippen LogP contribution in [0.4, 0.5) is 0 Å². The zero-order valence-corrected chi connectivity index (χ0v) is 21.9. The Labute approximate surface area is 228 Å². The van der Waals surface area contributed by atoms with E-state index in [1.165, 1.54) is 0 Å². The maximum absolute atomic E-state index is 13.6. The standard InChI is InChI=1S/C32H23BrN2O3/c33-21-13-9-20(10-14-21)18-38-22-15-11-19(12-16-22)17-34-35-31(36)29-27-23-5-1-2-6-24(23)28(30(29)32(35)37)26-8-4-3-7-25(26)27/h1-17,27-30H,18H2/b34-17-/t27?,28?,29-,30-/m0/s1. The predicted octanol–water partition coefficient (Wildman–Crippen LogP) is 6.25. The Morgan fingerprint density at radius 3 is 1.71 bits per heavy atom. The van der Waals surface area contributed by atoms with Gasteiger partial charge in [0.1, 0.15) is 12.4 Å². The zero-order valence-electron chi connectivity index (χ0n) is 20.3. The van der Waals surface area contributed by atoms with Gasteiger partial charge in [-0.2, -0.15) is 10.1 Å². The molecule has 1 aliphatic heterocycles. The van der Waals surface area contributed by atoms with Crippen molar-refractivity contribution in [3.63, 3.8) is 0 Å². The molecule has 5 nitrogen and oxygen atoms in total. The molecule has 38 heavy (non-hydrogen) atoms. The van der Waals surface area contributed by atoms with E-state index in [2.05, 4.69) is 45.3 Å². The molecule has 3 aliphatic carbocycles. The number of benzene rings is 4. The highest BCUT2D eigenvalue weighted by Crippen LogP contribution is 2.60. The lowest BCUT2D eigenvalue weighted by Gasteiger charge is -2.45. The number of nitrogens with zero attached hydrogens (tertiary/aromatic N) is 2. The van der Waals surface area contributed by atoms with Gasteiger partial charge in [0.05, 0.1) is 18.1 Å². The first-order valence-corrected chi connectivity index (χ1v) is 13.5. The summed E-state index contributed by atoms with van der Waals surface area (Å²) in [7, 11) is 0. The van der Waals surface area contributed by atoms with Gasteiger partial charge in [-0.25, -0.2) is 0 Å². The number of carbonyl (C=O) groups excluding carboxylic acids is 2. The second kappa shape index (κ2) is 9.07. The van der Waals surface area contributed by atoms with Crippen LogP contribution < -0.4 is 4.74 Å². The summed E-state index contributed by atoms with van der Waals surface area (Å²) in [5, 5.41) is 5.50. The van der Waals surface area contributed by atoms with Gasteiger partial charge in [0.2, 0.25) is 0 Å². The van der Waals surface area contributed by atoms with E-state index in [1.54, 1.807) is 6.21 Å². The molecule has 0 spiro atoms. The molecular formula is C32H23BrN2O3. The third-order valence-electron chi connectivity index (χ3n) is 7.95. The van der Waals surface area contributed by atoms with Crippen molar-refractivity contribution < 1.29 is 14.3 Å². The van der Waals surface area contributed by atoms with Crippen LogP contribution in [-0.4, -0.2) is 23.0 Å². The first kappa shape index (κ1) is 23.1. The van der Waals surface area contributed by atoms with Crippen LogP contribution in [0.15, 0.2) is 107 Å². The van der Waals surface area contributed by atoms with Crippen LogP contribution in [0.1, 0.15) is 45.2 Å². The molecule has 1 fully saturated rings. The third kappa shape index (κ3) is 3.63. The second-order valence-electron chi connectivity index (χ2n) is 9.98. The van der Waals surface area contributed by atoms with Gasteiger partial charge in [0.15, 0.2) is 0 Å². The van der Waals surface area contributed by atoms with Gasteiger partial charge >= 0.3 is 0 Å². The second-order valence-corrected chi connectivity index (χ2v) is 10.9. The molecule has 0 unspecified atom stereocenters. The first-order chi connectivity index (χ1) is 18.6. The molecule has 2 amide bonds. The summed E-state index contributed by atoms with van der Waals surface area (Å²) in [5.41, 5.74) is 6.48. The molecule has 186 valence electrons. The first-order valence-electron chi connectivity index (χ1n) is 12.7. The zero-order chi connectivity index (χ0) is 25.8. The van der Waals surface area contributed by atoms with Crippen LogP contribution >= 0.6 is 15.9 Å². The minimum atomic E-state index is -0.427. The lowest BCUT2D eigenvalue weighted by atomic mass is 9.55. The average molecular weight is 563 g/mol. The number of hydrogen-bond acceptors (Lipinski definition) is 4. The highest BCUT2D eigenvalue weighted by molar-refractivity contribution is 9.10. The summed E-state index contributed by atoms with van der Waals surface area (Å²) < 4.78 is 6.91. The van der Waals surface area contributed by atoms with Gasteiger partial charge in [-0.15, -0.1) is 0 Å². The third-order valence-corrected chi connectivity index (χ3v) is 8.48. The molecule has 1 saturated heterocycles. The highest BCUT2D eigenvalue weighted by atomic mass is 79.9. The number of hydrazone groups is 1. The van der Waals surface area contributed by atoms with E-state index in [9.17, 15) is 9.59 Å². The minimum Gasteiger partial charge on any atom is -0.489 e. The van der Waals surface area contributed by atoms with E-state index in [1.807, 2.05) is 72.8 Å². The number of rotatable bonds is 5. The quantitative estimate of drug-likeness (QED) is 0.213. The number of amides is 2. The smallest absolute Gasteiger partial charge is 0.254 e. The van der Waals surface area contributed by atoms with Crippen LogP contribution in [0.3, 0.4) is 0 Å². The van der Waals surface area contributed by atoms with Gasteiger partial charge in [-0.1, -0.05) is 76.6 Å². The molecule has 2 bridgehead atoms. The summed E-state index contributed by atoms with van der Waals surface area (Å²) in [6.45, 7) is 0.466. The molecule has 0 saturated carbocycles. The Morgan fingerprint density at radius 2 is 1.21 bits per heavy atom. The van der Waals surface area contributed by atoms with Crippen molar-refractivity contribution >= 4 is 34.0 Å². The van der Waals surface area contributed by atoms with E-state index < -0.39 is 11.8 Å². The summed E-state index contributed by atoms with van der Waals surface area (Å²) in [5.74, 6) is -0.814. The maximum Gasteiger partial charge on any atom is 0.254 e. The minimum absolute atomic E-state index is 0.129. The van der Waals surface area contributed by atoms with E-state index >= 15 is 0 Å². The van der Waals surface area contributed by atoms with Crippen molar-refractivity contribution in [1.82, 2.24) is 5.01 Å². The molecule has 2 atom stereocenters. The summed E-state index contributed by atoms with van der Waals surface area (Å²) in [4.78, 5) is 27.3. The molecule has 4 aliphatic rings. The van der Waals surface area contributed by atoms with Crippen LogP contribution in [0.2, 0.25) is 0 Å². The van der Waals surface area contributed by atoms with Crippen molar-refractivity contribution in [2.24, 2.45) is 16.9 Å². The van der Waals surface area contributed by atoms with Crippen LogP contribution in [0, 0.1) is 11.8 Å². The Hall–Kier alpha value is -4.03. The van der Waals surface area contributed by atoms with E-state index in [4.69, 9.17) is 4.74 Å². The SMILES string of the molecule is O=C1[C@H]2C3c4ccccc4C(c4ccccc43)[C@@H]2C(=O)N1/N=C\c1ccc(OCc2ccc(Br)cc2)cc1. The molecule has 0 aromatic heterocycles. The van der Waals surface area contributed by atoms with Crippen LogP contribution in [-0.2, 0) is 16.2 Å². The van der Waals surface area contributed by atoms with Gasteiger partial charge in [-0.3, -0.25) is 9.59 Å². The Morgan fingerprint density at radius 1 is 0.711 bits per heavy atom. The lowest BCUT2D eigenvalue weighted by molar-refractivity contribution is -0.139. The number of imide groups is 1. The Balaban J connectivity index is 1.12. The van der Waals surface area contributed by atoms with Gasteiger partial charge in [0, 0.05) is 16.3 Å². The largest absolute Gasteiger partial charge is 0.489 e. The van der Waals surface area contributed by atoms with Crippen LogP contribution in [0.25, 0.3) is 0 Å². The Kier molecular flexibility index (Phi) is 5.51. The monoisotopic (exact) mass is 562 g/mol. The molecular weight excluding hydrogens is 540 g/mol. The van der Waals surface area contributed by atoms with Crippen molar-refractivity contribution in [3.05, 3.63) is 135 Å². The Bertz CT molecular complexity index is 1480. The number of ether oxygens (including phenoxy) is 1. The fourth-order valence-electron chi connectivity index (χ4n) is 6.30. The molecule has 4 aromatic carbocycles. The molecule has 0 N–H and O–H groups in total. The van der Waals surface area contributed by atoms with Gasteiger partial charge in [-0.05, 0) is 69.8 Å². The van der Waals surface area contributed by atoms with Crippen molar-refractivity contribution in [3.8, 4) is 5.75 Å². The van der Waals surface area contributed by atoms with E-state index in [0.29, 0.717) is 6.61 Å². The van der Waals surface area contributed by atoms with Gasteiger partial charge < -0.3 is 4.74 Å². The maximum atomic E-state index is 13.6. The lowest BCUT2D eigenvalue weighted by Crippen LogP contribution is -2.41. The van der Waals surface area contributed by atoms with E-state index in [-0.39, 0.29) is 23.7 Å².